The molecule has 0 atom stereocenters. The van der Waals surface area contributed by atoms with Crippen molar-refractivity contribution in [2.45, 2.75) is 23.8 Å². The van der Waals surface area contributed by atoms with E-state index >= 15 is 0 Å². The Morgan fingerprint density at radius 3 is 2.40 bits per heavy atom. The Hall–Kier alpha value is -2.33. The number of likely N-dealkylation sites (tertiary alicyclic amines) is 1. The molecule has 0 aliphatic carbocycles. The molecule has 3 rings (SSSR count). The number of hydrogen-bond donors (Lipinski definition) is 3. The van der Waals surface area contributed by atoms with Crippen LogP contribution in [0.1, 0.15) is 23.2 Å². The minimum Gasteiger partial charge on any atom is -0.478 e. The fraction of sp³-hybridized carbons (Fsp3) is 0.263. The molecule has 0 unspecified atom stereocenters. The number of benzene rings is 2. The third-order valence-electron chi connectivity index (χ3n) is 4.67. The normalized spacial score (nSPS) is 15.1. The van der Waals surface area contributed by atoms with Gasteiger partial charge in [-0.15, -0.1) is 0 Å². The number of nitrogens with one attached hydrogen (secondary N) is 2. The second-order valence-corrected chi connectivity index (χ2v) is 9.33. The summed E-state index contributed by atoms with van der Waals surface area (Å²) in [5, 5.41) is 12.5. The van der Waals surface area contributed by atoms with E-state index in [1.54, 1.807) is 17.0 Å². The lowest BCUT2D eigenvalue weighted by atomic mass is 10.1. The number of carboxylic acid groups (broad SMARTS) is 1. The largest absolute Gasteiger partial charge is 0.478 e. The maximum absolute atomic E-state index is 12.6. The van der Waals surface area contributed by atoms with Crippen molar-refractivity contribution in [1.82, 2.24) is 9.62 Å². The average molecular weight is 472 g/mol. The first-order chi connectivity index (χ1) is 14.2. The summed E-state index contributed by atoms with van der Waals surface area (Å²) in [6, 6.07) is 9.20. The summed E-state index contributed by atoms with van der Waals surface area (Å²) in [6.07, 6.45) is 0.833. The Morgan fingerprint density at radius 2 is 1.77 bits per heavy atom. The predicted octanol–water partition coefficient (Wildman–Crippen LogP) is 3.67. The second-order valence-electron chi connectivity index (χ2n) is 6.77. The molecule has 0 radical (unpaired) electrons. The molecule has 2 amide bonds. The van der Waals surface area contributed by atoms with Crippen molar-refractivity contribution in [2.75, 3.05) is 18.4 Å². The molecule has 0 saturated carbocycles. The Bertz CT molecular complexity index is 1070. The van der Waals surface area contributed by atoms with Crippen molar-refractivity contribution in [2.24, 2.45) is 0 Å². The minimum absolute atomic E-state index is 0.106. The highest BCUT2D eigenvalue weighted by Gasteiger charge is 2.27. The van der Waals surface area contributed by atoms with E-state index in [1.807, 2.05) is 0 Å². The van der Waals surface area contributed by atoms with Gasteiger partial charge in [0.15, 0.2) is 0 Å². The SMILES string of the molecule is O=C(O)c1cccc(S(=O)(=O)NC2CCN(C(=O)Nc3ccc(Cl)cc3Cl)CC2)c1. The summed E-state index contributed by atoms with van der Waals surface area (Å²) >= 11 is 11.9. The summed E-state index contributed by atoms with van der Waals surface area (Å²) in [4.78, 5) is 25.0. The molecule has 1 aliphatic rings. The number of piperidine rings is 1. The van der Waals surface area contributed by atoms with Crippen LogP contribution >= 0.6 is 23.2 Å². The van der Waals surface area contributed by atoms with Crippen molar-refractivity contribution in [3.63, 3.8) is 0 Å². The van der Waals surface area contributed by atoms with E-state index in [0.717, 1.165) is 6.07 Å². The van der Waals surface area contributed by atoms with Crippen molar-refractivity contribution < 1.29 is 23.1 Å². The summed E-state index contributed by atoms with van der Waals surface area (Å²) in [7, 11) is -3.87. The van der Waals surface area contributed by atoms with E-state index in [4.69, 9.17) is 28.3 Å². The van der Waals surface area contributed by atoms with Crippen LogP contribution in [0.15, 0.2) is 47.4 Å². The third-order valence-corrected chi connectivity index (χ3v) is 6.73. The van der Waals surface area contributed by atoms with Gasteiger partial charge in [0.2, 0.25) is 10.0 Å². The maximum Gasteiger partial charge on any atom is 0.335 e. The molecule has 1 aliphatic heterocycles. The molecule has 30 heavy (non-hydrogen) atoms. The lowest BCUT2D eigenvalue weighted by molar-refractivity contribution is 0.0696. The zero-order valence-electron chi connectivity index (χ0n) is 15.6. The van der Waals surface area contributed by atoms with Crippen LogP contribution in [0.5, 0.6) is 0 Å². The molecule has 0 aromatic heterocycles. The van der Waals surface area contributed by atoms with Crippen LogP contribution < -0.4 is 10.0 Å². The quantitative estimate of drug-likeness (QED) is 0.614. The third kappa shape index (κ3) is 5.42. The molecule has 11 heteroatoms. The molecule has 1 heterocycles. The van der Waals surface area contributed by atoms with Crippen LogP contribution in [-0.4, -0.2) is 49.6 Å². The van der Waals surface area contributed by atoms with E-state index in [9.17, 15) is 18.0 Å². The minimum atomic E-state index is -3.87. The number of nitrogens with zero attached hydrogens (tertiary/aromatic N) is 1. The van der Waals surface area contributed by atoms with E-state index in [-0.39, 0.29) is 22.5 Å². The Balaban J connectivity index is 1.58. The fourth-order valence-electron chi connectivity index (χ4n) is 3.07. The monoisotopic (exact) mass is 471 g/mol. The first-order valence-electron chi connectivity index (χ1n) is 9.02. The van der Waals surface area contributed by atoms with Crippen molar-refractivity contribution >= 4 is 50.9 Å². The average Bonchev–Trinajstić information content (AvgIpc) is 2.70. The summed E-state index contributed by atoms with van der Waals surface area (Å²) in [5.74, 6) is -1.20. The van der Waals surface area contributed by atoms with Crippen LogP contribution in [0, 0.1) is 0 Å². The Labute approximate surface area is 183 Å². The number of carbonyl (C=O) groups is 2. The zero-order chi connectivity index (χ0) is 21.9. The number of carbonyl (C=O) groups excluding carboxylic acids is 1. The van der Waals surface area contributed by atoms with Crippen LogP contribution in [0.3, 0.4) is 0 Å². The number of rotatable bonds is 5. The van der Waals surface area contributed by atoms with Gasteiger partial charge in [0.05, 0.1) is 21.2 Å². The highest BCUT2D eigenvalue weighted by molar-refractivity contribution is 7.89. The number of amides is 2. The lowest BCUT2D eigenvalue weighted by Gasteiger charge is -2.32. The van der Waals surface area contributed by atoms with Gasteiger partial charge in [0.1, 0.15) is 0 Å². The Kier molecular flexibility index (Phi) is 6.87. The predicted molar refractivity (Wildman–Crippen MR) is 114 cm³/mol. The van der Waals surface area contributed by atoms with Gasteiger partial charge in [-0.2, -0.15) is 0 Å². The molecule has 0 spiro atoms. The smallest absolute Gasteiger partial charge is 0.335 e. The topological polar surface area (TPSA) is 116 Å². The first-order valence-corrected chi connectivity index (χ1v) is 11.3. The Morgan fingerprint density at radius 1 is 1.07 bits per heavy atom. The highest BCUT2D eigenvalue weighted by atomic mass is 35.5. The van der Waals surface area contributed by atoms with Crippen molar-refractivity contribution in [3.05, 3.63) is 58.1 Å². The number of aromatic carboxylic acids is 1. The molecule has 2 aromatic carbocycles. The van der Waals surface area contributed by atoms with Crippen LogP contribution in [0.4, 0.5) is 10.5 Å². The summed E-state index contributed by atoms with van der Waals surface area (Å²) in [5.41, 5.74) is 0.331. The number of urea groups is 1. The van der Waals surface area contributed by atoms with Gasteiger partial charge in [-0.1, -0.05) is 29.3 Å². The first kappa shape index (κ1) is 22.4. The number of hydrogen-bond acceptors (Lipinski definition) is 4. The van der Waals surface area contributed by atoms with Crippen molar-refractivity contribution in [1.29, 1.82) is 0 Å². The van der Waals surface area contributed by atoms with Crippen LogP contribution in [-0.2, 0) is 10.0 Å². The lowest BCUT2D eigenvalue weighted by Crippen LogP contribution is -2.47. The second kappa shape index (κ2) is 9.22. The molecule has 160 valence electrons. The van der Waals surface area contributed by atoms with Gasteiger partial charge in [0.25, 0.3) is 0 Å². The van der Waals surface area contributed by atoms with Gasteiger partial charge >= 0.3 is 12.0 Å². The number of anilines is 1. The number of halogens is 2. The summed E-state index contributed by atoms with van der Waals surface area (Å²) in [6.45, 7) is 0.693. The van der Waals surface area contributed by atoms with E-state index in [2.05, 4.69) is 10.0 Å². The van der Waals surface area contributed by atoms with Gasteiger partial charge in [-0.3, -0.25) is 0 Å². The van der Waals surface area contributed by atoms with Gasteiger partial charge in [-0.05, 0) is 49.2 Å². The molecule has 1 fully saturated rings. The number of sulfonamides is 1. The molecule has 2 aromatic rings. The van der Waals surface area contributed by atoms with Gasteiger partial charge in [0, 0.05) is 24.2 Å². The van der Waals surface area contributed by atoms with E-state index in [0.29, 0.717) is 41.7 Å². The summed E-state index contributed by atoms with van der Waals surface area (Å²) < 4.78 is 27.7. The number of carboxylic acids is 1. The molecule has 8 nitrogen and oxygen atoms in total. The van der Waals surface area contributed by atoms with Gasteiger partial charge in [-0.25, -0.2) is 22.7 Å². The zero-order valence-corrected chi connectivity index (χ0v) is 18.0. The molecule has 0 bridgehead atoms. The molecule has 3 N–H and O–H groups in total. The standard InChI is InChI=1S/C19H19Cl2N3O5S/c20-13-4-5-17(16(21)11-13)22-19(27)24-8-6-14(7-9-24)23-30(28,29)15-3-1-2-12(10-15)18(25)26/h1-5,10-11,14,23H,6-9H2,(H,22,27)(H,25,26). The van der Waals surface area contributed by atoms with Gasteiger partial charge < -0.3 is 15.3 Å². The van der Waals surface area contributed by atoms with E-state index in [1.165, 1.54) is 24.3 Å². The molecular weight excluding hydrogens is 453 g/mol. The fourth-order valence-corrected chi connectivity index (χ4v) is 4.88. The molecular formula is C19H19Cl2N3O5S. The maximum atomic E-state index is 12.6. The molecule has 1 saturated heterocycles. The van der Waals surface area contributed by atoms with Crippen LogP contribution in [0.2, 0.25) is 10.0 Å². The van der Waals surface area contributed by atoms with Crippen molar-refractivity contribution in [3.8, 4) is 0 Å². The van der Waals surface area contributed by atoms with E-state index < -0.39 is 16.0 Å². The highest BCUT2D eigenvalue weighted by Crippen LogP contribution is 2.26. The van der Waals surface area contributed by atoms with Crippen LogP contribution in [0.25, 0.3) is 0 Å².